The first kappa shape index (κ1) is 33.2. The SMILES string of the molecule is C/C(F)=C\CC[C@H](Nc1ccc(C(N)=O)cc1)C(O)CNC1(c2cccc(C(C)(C)C)c2)CCCCC1.C=CC. The van der Waals surface area contributed by atoms with Crippen LogP contribution in [-0.4, -0.2) is 29.7 Å². The van der Waals surface area contributed by atoms with Crippen molar-refractivity contribution >= 4 is 11.6 Å². The van der Waals surface area contributed by atoms with Gasteiger partial charge in [-0.25, -0.2) is 4.39 Å². The molecule has 0 aliphatic heterocycles. The normalized spacial score (nSPS) is 16.7. The predicted octanol–water partition coefficient (Wildman–Crippen LogP) is 7.52. The van der Waals surface area contributed by atoms with E-state index in [0.717, 1.165) is 31.4 Å². The number of allylic oxidation sites excluding steroid dienone is 3. The number of halogens is 1. The van der Waals surface area contributed by atoms with Crippen LogP contribution in [-0.2, 0) is 11.0 Å². The first-order valence-corrected chi connectivity index (χ1v) is 14.5. The number of nitrogens with one attached hydrogen (secondary N) is 2. The Labute approximate surface area is 241 Å². The third-order valence-corrected chi connectivity index (χ3v) is 7.53. The van der Waals surface area contributed by atoms with E-state index in [9.17, 15) is 14.3 Å². The van der Waals surface area contributed by atoms with Gasteiger partial charge in [-0.3, -0.25) is 4.79 Å². The van der Waals surface area contributed by atoms with Crippen molar-refractivity contribution in [3.8, 4) is 0 Å². The molecule has 1 aliphatic carbocycles. The highest BCUT2D eigenvalue weighted by Crippen LogP contribution is 2.38. The van der Waals surface area contributed by atoms with Crippen molar-refractivity contribution in [2.24, 2.45) is 5.73 Å². The predicted molar refractivity (Wildman–Crippen MR) is 166 cm³/mol. The van der Waals surface area contributed by atoms with Gasteiger partial charge in [-0.15, -0.1) is 6.58 Å². The average Bonchev–Trinajstić information content (AvgIpc) is 2.92. The van der Waals surface area contributed by atoms with Gasteiger partial charge in [-0.05, 0) is 80.3 Å². The zero-order valence-corrected chi connectivity index (χ0v) is 25.1. The minimum Gasteiger partial charge on any atom is -0.390 e. The number of carbonyl (C=O) groups excluding carboxylic acids is 1. The number of carbonyl (C=O) groups is 1. The summed E-state index contributed by atoms with van der Waals surface area (Å²) in [6, 6.07) is 15.5. The summed E-state index contributed by atoms with van der Waals surface area (Å²) in [6.45, 7) is 13.8. The zero-order valence-electron chi connectivity index (χ0n) is 25.1. The maximum absolute atomic E-state index is 13.4. The van der Waals surface area contributed by atoms with Gasteiger partial charge < -0.3 is 21.5 Å². The number of nitrogens with two attached hydrogens (primary N) is 1. The van der Waals surface area contributed by atoms with Crippen LogP contribution in [0.1, 0.15) is 101 Å². The van der Waals surface area contributed by atoms with Gasteiger partial charge in [0.1, 0.15) is 0 Å². The third kappa shape index (κ3) is 10.2. The smallest absolute Gasteiger partial charge is 0.248 e. The van der Waals surface area contributed by atoms with Crippen molar-refractivity contribution in [2.45, 2.75) is 103 Å². The fourth-order valence-electron chi connectivity index (χ4n) is 5.22. The number of primary amides is 1. The molecule has 40 heavy (non-hydrogen) atoms. The molecule has 0 aromatic heterocycles. The number of hydrogen-bond donors (Lipinski definition) is 4. The third-order valence-electron chi connectivity index (χ3n) is 7.53. The molecule has 0 radical (unpaired) electrons. The molecule has 2 aromatic rings. The Bertz CT molecular complexity index is 1090. The van der Waals surface area contributed by atoms with Crippen LogP contribution >= 0.6 is 0 Å². The molecule has 1 aliphatic rings. The molecule has 2 atom stereocenters. The van der Waals surface area contributed by atoms with Gasteiger partial charge >= 0.3 is 0 Å². The lowest BCUT2D eigenvalue weighted by Crippen LogP contribution is -2.50. The van der Waals surface area contributed by atoms with Gasteiger partial charge in [0, 0.05) is 23.3 Å². The van der Waals surface area contributed by atoms with Crippen LogP contribution in [0.2, 0.25) is 0 Å². The molecule has 6 heteroatoms. The molecule has 3 rings (SSSR count). The quantitative estimate of drug-likeness (QED) is 0.218. The highest BCUT2D eigenvalue weighted by Gasteiger charge is 2.35. The molecule has 220 valence electrons. The first-order valence-electron chi connectivity index (χ1n) is 14.5. The van der Waals surface area contributed by atoms with Gasteiger partial charge in [0.25, 0.3) is 0 Å². The van der Waals surface area contributed by atoms with E-state index in [1.54, 1.807) is 36.4 Å². The number of anilines is 1. The highest BCUT2D eigenvalue weighted by molar-refractivity contribution is 5.93. The summed E-state index contributed by atoms with van der Waals surface area (Å²) in [5.74, 6) is -0.707. The monoisotopic (exact) mass is 551 g/mol. The fraction of sp³-hybridized carbons (Fsp3) is 0.500. The van der Waals surface area contributed by atoms with E-state index in [1.807, 2.05) is 6.92 Å². The molecule has 0 saturated heterocycles. The topological polar surface area (TPSA) is 87.4 Å². The minimum absolute atomic E-state index is 0.0620. The zero-order chi connectivity index (χ0) is 29.8. The lowest BCUT2D eigenvalue weighted by molar-refractivity contribution is 0.1000. The molecule has 5 N–H and O–H groups in total. The maximum Gasteiger partial charge on any atom is 0.248 e. The highest BCUT2D eigenvalue weighted by atomic mass is 19.1. The second-order valence-corrected chi connectivity index (χ2v) is 11.9. The summed E-state index contributed by atoms with van der Waals surface area (Å²) < 4.78 is 13.4. The van der Waals surface area contributed by atoms with Crippen molar-refractivity contribution in [2.75, 3.05) is 11.9 Å². The van der Waals surface area contributed by atoms with Gasteiger partial charge in [0.05, 0.1) is 18.0 Å². The Morgan fingerprint density at radius 3 is 2.33 bits per heavy atom. The number of aliphatic hydroxyl groups is 1. The van der Waals surface area contributed by atoms with Crippen LogP contribution in [0, 0.1) is 0 Å². The van der Waals surface area contributed by atoms with E-state index in [1.165, 1.54) is 24.5 Å². The lowest BCUT2D eigenvalue weighted by Gasteiger charge is -2.41. The Balaban J connectivity index is 0.00000178. The summed E-state index contributed by atoms with van der Waals surface area (Å²) >= 11 is 0. The van der Waals surface area contributed by atoms with Gasteiger partial charge in [0.2, 0.25) is 5.91 Å². The van der Waals surface area contributed by atoms with Crippen molar-refractivity contribution in [3.63, 3.8) is 0 Å². The van der Waals surface area contributed by atoms with Crippen LogP contribution in [0.15, 0.2) is 73.1 Å². The van der Waals surface area contributed by atoms with Crippen LogP contribution in [0.3, 0.4) is 0 Å². The summed E-state index contributed by atoms with van der Waals surface area (Å²) in [5, 5.41) is 18.5. The molecular formula is C34H50FN3O2. The van der Waals surface area contributed by atoms with Crippen molar-refractivity contribution in [3.05, 3.63) is 89.8 Å². The number of rotatable bonds is 11. The second kappa shape index (κ2) is 15.7. The Kier molecular flexibility index (Phi) is 13.1. The summed E-state index contributed by atoms with van der Waals surface area (Å²) in [7, 11) is 0. The van der Waals surface area contributed by atoms with Crippen molar-refractivity contribution in [1.29, 1.82) is 0 Å². The van der Waals surface area contributed by atoms with E-state index in [4.69, 9.17) is 5.73 Å². The summed E-state index contributed by atoms with van der Waals surface area (Å²) in [4.78, 5) is 11.4. The summed E-state index contributed by atoms with van der Waals surface area (Å²) in [6.07, 6.45) is 9.26. The number of amides is 1. The van der Waals surface area contributed by atoms with Gasteiger partial charge in [-0.1, -0.05) is 76.5 Å². The standard InChI is InChI=1S/C31H44FN3O2.C3H6/c1-22(32)10-8-13-27(35-26-16-14-23(15-17-26)29(33)37)28(36)21-34-31(18-6-5-7-19-31)25-12-9-11-24(20-25)30(2,3)4;1-3-2/h9-12,14-17,20,27-28,34-36H,5-8,13,18-19,21H2,1-4H3,(H2,33,37);3H,1H2,2H3/b22-10+;/t27-,28?;/m0./s1. The molecule has 1 unspecified atom stereocenters. The Morgan fingerprint density at radius 2 is 1.77 bits per heavy atom. The molecule has 0 bridgehead atoms. The maximum atomic E-state index is 13.4. The van der Waals surface area contributed by atoms with E-state index < -0.39 is 12.0 Å². The van der Waals surface area contributed by atoms with Crippen LogP contribution < -0.4 is 16.4 Å². The summed E-state index contributed by atoms with van der Waals surface area (Å²) in [5.41, 5.74) is 9.05. The van der Waals surface area contributed by atoms with Crippen molar-refractivity contribution < 1.29 is 14.3 Å². The van der Waals surface area contributed by atoms with Crippen LogP contribution in [0.5, 0.6) is 0 Å². The molecule has 5 nitrogen and oxygen atoms in total. The van der Waals surface area contributed by atoms with E-state index in [-0.39, 0.29) is 22.8 Å². The largest absolute Gasteiger partial charge is 0.390 e. The fourth-order valence-corrected chi connectivity index (χ4v) is 5.22. The Morgan fingerprint density at radius 1 is 1.15 bits per heavy atom. The molecular weight excluding hydrogens is 501 g/mol. The molecule has 1 fully saturated rings. The molecule has 0 spiro atoms. The van der Waals surface area contributed by atoms with Gasteiger partial charge in [0.15, 0.2) is 0 Å². The van der Waals surface area contributed by atoms with Crippen LogP contribution in [0.25, 0.3) is 0 Å². The van der Waals surface area contributed by atoms with E-state index in [2.05, 4.69) is 62.2 Å². The second-order valence-electron chi connectivity index (χ2n) is 11.9. The number of hydrogen-bond acceptors (Lipinski definition) is 4. The Hall–Kier alpha value is -2.96. The van der Waals surface area contributed by atoms with Gasteiger partial charge in [-0.2, -0.15) is 0 Å². The lowest BCUT2D eigenvalue weighted by atomic mass is 9.74. The molecule has 1 saturated carbocycles. The van der Waals surface area contributed by atoms with E-state index in [0.29, 0.717) is 24.9 Å². The van der Waals surface area contributed by atoms with Crippen molar-refractivity contribution in [1.82, 2.24) is 5.32 Å². The molecule has 2 aromatic carbocycles. The molecule has 0 heterocycles. The molecule has 1 amide bonds. The number of aliphatic hydroxyl groups excluding tert-OH is 1. The average molecular weight is 552 g/mol. The first-order chi connectivity index (χ1) is 18.9. The number of benzene rings is 2. The van der Waals surface area contributed by atoms with E-state index >= 15 is 0 Å². The van der Waals surface area contributed by atoms with Crippen LogP contribution in [0.4, 0.5) is 10.1 Å². The minimum atomic E-state index is -0.700.